The van der Waals surface area contributed by atoms with Gasteiger partial charge in [-0.3, -0.25) is 9.59 Å². The van der Waals surface area contributed by atoms with Gasteiger partial charge in [-0.15, -0.1) is 6.58 Å². The summed E-state index contributed by atoms with van der Waals surface area (Å²) in [5.41, 5.74) is 1.22. The van der Waals surface area contributed by atoms with Gasteiger partial charge in [-0.1, -0.05) is 26.3 Å². The number of fused-ring (bicyclic) bond motifs is 1. The standard InChI is InChI=1S/C22H28N2O4/c1-5-9-13-24-19-14-16(23-12-6-2)10-11-18(19)20(28-17(7-3)8-4)21(22(24)26)27-15-25/h6-7,10-11,14-15,23H,2,5,8-9,12-13H2,1,3-4H3. The van der Waals surface area contributed by atoms with E-state index in [4.69, 9.17) is 9.47 Å². The molecule has 0 saturated carbocycles. The molecule has 1 aromatic carbocycles. The molecule has 150 valence electrons. The molecule has 0 saturated heterocycles. The van der Waals surface area contributed by atoms with Crippen molar-refractivity contribution in [2.45, 2.75) is 46.6 Å². The molecule has 0 atom stereocenters. The van der Waals surface area contributed by atoms with Crippen LogP contribution >= 0.6 is 0 Å². The number of hydrogen-bond acceptors (Lipinski definition) is 5. The predicted molar refractivity (Wildman–Crippen MR) is 113 cm³/mol. The number of carbonyl (C=O) groups excluding carboxylic acids is 1. The quantitative estimate of drug-likeness (QED) is 0.348. The Balaban J connectivity index is 2.79. The average molecular weight is 384 g/mol. The fourth-order valence-corrected chi connectivity index (χ4v) is 2.96. The maximum Gasteiger partial charge on any atom is 0.298 e. The van der Waals surface area contributed by atoms with Gasteiger partial charge in [0.1, 0.15) is 0 Å². The number of carbonyl (C=O) groups is 1. The van der Waals surface area contributed by atoms with Gasteiger partial charge in [0, 0.05) is 30.6 Å². The number of benzene rings is 1. The first-order valence-electron chi connectivity index (χ1n) is 9.59. The molecule has 0 amide bonds. The molecule has 1 N–H and O–H groups in total. The monoisotopic (exact) mass is 384 g/mol. The van der Waals surface area contributed by atoms with Crippen LogP contribution < -0.4 is 20.3 Å². The number of unbranched alkanes of at least 4 members (excludes halogenated alkanes) is 1. The van der Waals surface area contributed by atoms with Gasteiger partial charge in [-0.25, -0.2) is 0 Å². The summed E-state index contributed by atoms with van der Waals surface area (Å²) in [6.07, 6.45) is 6.01. The van der Waals surface area contributed by atoms with Gasteiger partial charge >= 0.3 is 0 Å². The van der Waals surface area contributed by atoms with Crippen LogP contribution in [0.5, 0.6) is 11.5 Å². The van der Waals surface area contributed by atoms with E-state index < -0.39 is 0 Å². The summed E-state index contributed by atoms with van der Waals surface area (Å²) < 4.78 is 12.7. The van der Waals surface area contributed by atoms with E-state index in [2.05, 4.69) is 18.8 Å². The Labute approximate surface area is 165 Å². The Morgan fingerprint density at radius 2 is 2.07 bits per heavy atom. The molecular formula is C22H28N2O4. The van der Waals surface area contributed by atoms with Gasteiger partial charge < -0.3 is 19.4 Å². The molecule has 0 spiro atoms. The van der Waals surface area contributed by atoms with Crippen molar-refractivity contribution < 1.29 is 14.3 Å². The van der Waals surface area contributed by atoms with Gasteiger partial charge in [-0.05, 0) is 37.6 Å². The van der Waals surface area contributed by atoms with E-state index in [9.17, 15) is 9.59 Å². The van der Waals surface area contributed by atoms with Crippen LogP contribution in [0.4, 0.5) is 5.69 Å². The number of allylic oxidation sites excluding steroid dienone is 2. The first-order valence-corrected chi connectivity index (χ1v) is 9.59. The minimum atomic E-state index is -0.379. The molecule has 0 aliphatic rings. The highest BCUT2D eigenvalue weighted by molar-refractivity contribution is 5.90. The Morgan fingerprint density at radius 1 is 1.29 bits per heavy atom. The van der Waals surface area contributed by atoms with Crippen molar-refractivity contribution in [2.24, 2.45) is 0 Å². The van der Waals surface area contributed by atoms with E-state index in [0.29, 0.717) is 30.7 Å². The van der Waals surface area contributed by atoms with Crippen LogP contribution in [0.25, 0.3) is 10.9 Å². The molecule has 1 aromatic heterocycles. The third-order valence-electron chi connectivity index (χ3n) is 4.43. The van der Waals surface area contributed by atoms with Gasteiger partial charge in [0.15, 0.2) is 5.75 Å². The average Bonchev–Trinajstić information content (AvgIpc) is 2.72. The van der Waals surface area contributed by atoms with Crippen molar-refractivity contribution in [2.75, 3.05) is 11.9 Å². The molecule has 0 aliphatic heterocycles. The lowest BCUT2D eigenvalue weighted by Crippen LogP contribution is -2.23. The highest BCUT2D eigenvalue weighted by Gasteiger charge is 2.21. The summed E-state index contributed by atoms with van der Waals surface area (Å²) in [5, 5.41) is 3.95. The highest BCUT2D eigenvalue weighted by Crippen LogP contribution is 2.35. The lowest BCUT2D eigenvalue weighted by Gasteiger charge is -2.18. The molecule has 0 bridgehead atoms. The number of hydrogen-bond donors (Lipinski definition) is 1. The van der Waals surface area contributed by atoms with Crippen molar-refractivity contribution in [3.63, 3.8) is 0 Å². The van der Waals surface area contributed by atoms with Crippen molar-refractivity contribution in [1.82, 2.24) is 4.57 Å². The van der Waals surface area contributed by atoms with Crippen LogP contribution in [0.1, 0.15) is 40.0 Å². The number of aryl methyl sites for hydroxylation is 1. The Hall–Kier alpha value is -3.02. The van der Waals surface area contributed by atoms with E-state index in [-0.39, 0.29) is 23.5 Å². The van der Waals surface area contributed by atoms with E-state index >= 15 is 0 Å². The maximum absolute atomic E-state index is 13.1. The summed E-state index contributed by atoms with van der Waals surface area (Å²) in [5.74, 6) is 0.875. The third-order valence-corrected chi connectivity index (χ3v) is 4.43. The SMILES string of the molecule is C=CCNc1ccc2c(OC(=CC)CC)c(OC=O)c(=O)n(CCCC)c2c1. The molecule has 2 rings (SSSR count). The topological polar surface area (TPSA) is 69.6 Å². The first-order chi connectivity index (χ1) is 13.6. The van der Waals surface area contributed by atoms with Gasteiger partial charge in [0.05, 0.1) is 11.3 Å². The first kappa shape index (κ1) is 21.3. The lowest BCUT2D eigenvalue weighted by atomic mass is 10.1. The second-order valence-electron chi connectivity index (χ2n) is 6.29. The number of anilines is 1. The van der Waals surface area contributed by atoms with Crippen LogP contribution in [0.3, 0.4) is 0 Å². The molecule has 0 fully saturated rings. The summed E-state index contributed by atoms with van der Waals surface area (Å²) in [4.78, 5) is 24.2. The summed E-state index contributed by atoms with van der Waals surface area (Å²) >= 11 is 0. The Morgan fingerprint density at radius 3 is 2.68 bits per heavy atom. The Kier molecular flexibility index (Phi) is 7.87. The zero-order valence-corrected chi connectivity index (χ0v) is 16.8. The van der Waals surface area contributed by atoms with Gasteiger partial charge in [0.2, 0.25) is 5.75 Å². The summed E-state index contributed by atoms with van der Waals surface area (Å²) in [6.45, 7) is 11.0. The number of nitrogens with zero attached hydrogens (tertiary/aromatic N) is 1. The lowest BCUT2D eigenvalue weighted by molar-refractivity contribution is -0.120. The number of ether oxygens (including phenoxy) is 2. The van der Waals surface area contributed by atoms with Crippen LogP contribution in [0, 0.1) is 0 Å². The molecule has 2 aromatic rings. The molecule has 1 heterocycles. The third kappa shape index (κ3) is 4.63. The highest BCUT2D eigenvalue weighted by atomic mass is 16.5. The van der Waals surface area contributed by atoms with E-state index in [1.54, 1.807) is 10.6 Å². The summed E-state index contributed by atoms with van der Waals surface area (Å²) in [6, 6.07) is 5.69. The summed E-state index contributed by atoms with van der Waals surface area (Å²) in [7, 11) is 0. The molecule has 28 heavy (non-hydrogen) atoms. The maximum atomic E-state index is 13.1. The molecule has 0 unspecified atom stereocenters. The van der Waals surface area contributed by atoms with E-state index in [1.165, 1.54) is 0 Å². The van der Waals surface area contributed by atoms with Gasteiger partial charge in [0.25, 0.3) is 12.0 Å². The second kappa shape index (κ2) is 10.3. The molecule has 6 heteroatoms. The van der Waals surface area contributed by atoms with E-state index in [1.807, 2.05) is 38.1 Å². The molecule has 0 aliphatic carbocycles. The number of aromatic nitrogens is 1. The minimum Gasteiger partial charge on any atom is -0.457 e. The van der Waals surface area contributed by atoms with E-state index in [0.717, 1.165) is 24.0 Å². The van der Waals surface area contributed by atoms with Crippen molar-refractivity contribution >= 4 is 23.1 Å². The normalized spacial score (nSPS) is 11.3. The molecule has 0 radical (unpaired) electrons. The van der Waals surface area contributed by atoms with Crippen molar-refractivity contribution in [3.8, 4) is 11.5 Å². The number of nitrogens with one attached hydrogen (secondary N) is 1. The largest absolute Gasteiger partial charge is 0.457 e. The second-order valence-corrected chi connectivity index (χ2v) is 6.29. The zero-order valence-electron chi connectivity index (χ0n) is 16.8. The van der Waals surface area contributed by atoms with Crippen molar-refractivity contribution in [3.05, 3.63) is 53.0 Å². The van der Waals surface area contributed by atoms with Crippen LogP contribution in [0.15, 0.2) is 47.5 Å². The fraction of sp³-hybridized carbons (Fsp3) is 0.364. The van der Waals surface area contributed by atoms with Crippen LogP contribution in [-0.2, 0) is 11.3 Å². The smallest absolute Gasteiger partial charge is 0.298 e. The van der Waals surface area contributed by atoms with Crippen molar-refractivity contribution in [1.29, 1.82) is 0 Å². The van der Waals surface area contributed by atoms with Gasteiger partial charge in [-0.2, -0.15) is 0 Å². The fourth-order valence-electron chi connectivity index (χ4n) is 2.96. The minimum absolute atomic E-state index is 0.0850. The predicted octanol–water partition coefficient (Wildman–Crippen LogP) is 4.63. The van der Waals surface area contributed by atoms with Crippen LogP contribution in [0.2, 0.25) is 0 Å². The molecular weight excluding hydrogens is 356 g/mol. The van der Waals surface area contributed by atoms with Crippen LogP contribution in [-0.4, -0.2) is 17.6 Å². The Bertz CT molecular complexity index is 928. The number of rotatable bonds is 11. The number of pyridine rings is 1. The molecule has 6 nitrogen and oxygen atoms in total. The zero-order chi connectivity index (χ0) is 20.5.